The van der Waals surface area contributed by atoms with E-state index in [0.29, 0.717) is 5.56 Å². The summed E-state index contributed by atoms with van der Waals surface area (Å²) in [5.74, 6) is -1.15. The first-order valence-electron chi connectivity index (χ1n) is 8.12. The minimum Gasteiger partial charge on any atom is -0.481 e. The third-order valence-electron chi connectivity index (χ3n) is 4.27. The third kappa shape index (κ3) is 4.72. The number of carboxylic acids is 1. The average molecular weight is 634 g/mol. The van der Waals surface area contributed by atoms with E-state index < -0.39 is 12.4 Å². The fraction of sp³-hybridized carbons (Fsp3) is 0.0526. The number of carboxylic acid groups (broad SMARTS) is 1. The summed E-state index contributed by atoms with van der Waals surface area (Å²) >= 11 is 62.4. The first-order chi connectivity index (χ1) is 14.9. The molecular weight excluding hydrogens is 629 g/mol. The van der Waals surface area contributed by atoms with E-state index in [4.69, 9.17) is 116 Å². The molecule has 0 unspecified atom stereocenters. The smallest absolute Gasteiger partial charge is 0.309 e. The highest BCUT2D eigenvalue weighted by Crippen LogP contribution is 2.51. The van der Waals surface area contributed by atoms with Gasteiger partial charge >= 0.3 is 5.97 Å². The van der Waals surface area contributed by atoms with Crippen LogP contribution in [0.15, 0.2) is 12.3 Å². The van der Waals surface area contributed by atoms with Gasteiger partial charge in [-0.15, -0.1) is 0 Å². The van der Waals surface area contributed by atoms with Crippen molar-refractivity contribution in [3.05, 3.63) is 68.2 Å². The van der Waals surface area contributed by atoms with Gasteiger partial charge in [-0.1, -0.05) is 116 Å². The Morgan fingerprint density at radius 3 is 1.44 bits per heavy atom. The molecule has 1 heterocycles. The molecule has 13 heteroatoms. The van der Waals surface area contributed by atoms with Crippen LogP contribution in [0.2, 0.25) is 50.2 Å². The molecule has 0 spiro atoms. The number of aromatic nitrogens is 1. The van der Waals surface area contributed by atoms with Crippen LogP contribution >= 0.6 is 116 Å². The number of aliphatic carboxylic acids is 1. The molecule has 3 nitrogen and oxygen atoms in total. The molecule has 0 aliphatic heterocycles. The lowest BCUT2D eigenvalue weighted by Crippen LogP contribution is -2.05. The topological polar surface area (TPSA) is 50.2 Å². The Kier molecular flexibility index (Phi) is 8.54. The number of hydrogen-bond donors (Lipinski definition) is 1. The van der Waals surface area contributed by atoms with Crippen molar-refractivity contribution in [1.29, 1.82) is 0 Å². The maximum Gasteiger partial charge on any atom is 0.309 e. The number of benzene rings is 2. The summed E-state index contributed by atoms with van der Waals surface area (Å²) in [5.41, 5.74) is 0.963. The number of pyridine rings is 1. The summed E-state index contributed by atoms with van der Waals surface area (Å²) in [5, 5.41) is 8.97. The first kappa shape index (κ1) is 26.6. The van der Waals surface area contributed by atoms with Gasteiger partial charge < -0.3 is 5.11 Å². The van der Waals surface area contributed by atoms with Gasteiger partial charge in [0.1, 0.15) is 0 Å². The van der Waals surface area contributed by atoms with E-state index in [1.54, 1.807) is 0 Å². The molecule has 3 aromatic rings. The summed E-state index contributed by atoms with van der Waals surface area (Å²) in [7, 11) is 0. The lowest BCUT2D eigenvalue weighted by Gasteiger charge is -2.18. The first-order valence-corrected chi connectivity index (χ1v) is 11.9. The second kappa shape index (κ2) is 10.3. The molecule has 3 rings (SSSR count). The zero-order chi connectivity index (χ0) is 24.1. The predicted molar refractivity (Wildman–Crippen MR) is 137 cm³/mol. The van der Waals surface area contributed by atoms with Crippen LogP contribution in [-0.4, -0.2) is 16.1 Å². The lowest BCUT2D eigenvalue weighted by molar-refractivity contribution is -0.136. The summed E-state index contributed by atoms with van der Waals surface area (Å²) in [6, 6.07) is 1.51. The molecule has 1 N–H and O–H groups in total. The molecular formula is C19H5Cl10NO2. The Hall–Kier alpha value is -0.0400. The van der Waals surface area contributed by atoms with Gasteiger partial charge in [-0.3, -0.25) is 9.78 Å². The molecule has 0 fully saturated rings. The molecule has 168 valence electrons. The fourth-order valence-corrected chi connectivity index (χ4v) is 5.53. The Morgan fingerprint density at radius 1 is 0.656 bits per heavy atom. The normalized spacial score (nSPS) is 11.2. The van der Waals surface area contributed by atoms with Crippen molar-refractivity contribution in [3.8, 4) is 22.3 Å². The minimum atomic E-state index is -1.15. The molecule has 1 aromatic heterocycles. The molecule has 0 saturated heterocycles. The molecule has 0 amide bonds. The van der Waals surface area contributed by atoms with Crippen molar-refractivity contribution in [2.45, 2.75) is 6.42 Å². The molecule has 0 aliphatic rings. The molecule has 0 atom stereocenters. The van der Waals surface area contributed by atoms with Crippen molar-refractivity contribution >= 4 is 122 Å². The number of rotatable bonds is 4. The van der Waals surface area contributed by atoms with Crippen LogP contribution < -0.4 is 0 Å². The van der Waals surface area contributed by atoms with E-state index in [9.17, 15) is 9.90 Å². The van der Waals surface area contributed by atoms with Crippen molar-refractivity contribution in [2.75, 3.05) is 0 Å². The van der Waals surface area contributed by atoms with E-state index in [0.717, 1.165) is 0 Å². The van der Waals surface area contributed by atoms with Gasteiger partial charge in [0.05, 0.1) is 62.3 Å². The van der Waals surface area contributed by atoms with Crippen LogP contribution in [0.25, 0.3) is 22.3 Å². The van der Waals surface area contributed by atoms with Gasteiger partial charge in [0.15, 0.2) is 0 Å². The van der Waals surface area contributed by atoms with E-state index in [1.165, 1.54) is 12.3 Å². The van der Waals surface area contributed by atoms with Crippen LogP contribution in [0.3, 0.4) is 0 Å². The fourth-order valence-electron chi connectivity index (χ4n) is 2.83. The number of hydrogen-bond acceptors (Lipinski definition) is 2. The number of carbonyl (C=O) groups is 1. The Balaban J connectivity index is 2.43. The van der Waals surface area contributed by atoms with E-state index >= 15 is 0 Å². The molecule has 0 bridgehead atoms. The van der Waals surface area contributed by atoms with Gasteiger partial charge in [0, 0.05) is 28.5 Å². The maximum atomic E-state index is 11.4. The van der Waals surface area contributed by atoms with Gasteiger partial charge in [0.2, 0.25) is 0 Å². The summed E-state index contributed by atoms with van der Waals surface area (Å²) < 4.78 is 0. The van der Waals surface area contributed by atoms with E-state index in [1.807, 2.05) is 0 Å². The standard InChI is InChI=1S/C19H5Cl10NO2/c20-10-8(11(21)15(25)18(28)14(10)24)4-1-5(6(30-3-4)2-7(31)32)9-12(22)16(26)19(29)17(27)13(9)23/h1,3H,2H2,(H,31,32). The molecule has 2 aromatic carbocycles. The Morgan fingerprint density at radius 2 is 1.03 bits per heavy atom. The predicted octanol–water partition coefficient (Wildman–Crippen LogP) is 10.6. The maximum absolute atomic E-state index is 11.4. The van der Waals surface area contributed by atoms with Crippen LogP contribution in [0.5, 0.6) is 0 Å². The highest BCUT2D eigenvalue weighted by Gasteiger charge is 2.26. The minimum absolute atomic E-state index is 0.00849. The Labute approximate surface area is 231 Å². The highest BCUT2D eigenvalue weighted by atomic mass is 35.5. The SMILES string of the molecule is O=C(O)Cc1ncc(-c2c(Cl)c(Cl)c(Cl)c(Cl)c2Cl)cc1-c1c(Cl)c(Cl)c(Cl)c(Cl)c1Cl. The second-order valence-electron chi connectivity index (χ2n) is 6.18. The Bertz CT molecular complexity index is 1230. The van der Waals surface area contributed by atoms with Crippen LogP contribution in [-0.2, 0) is 11.2 Å². The van der Waals surface area contributed by atoms with Crippen LogP contribution in [0, 0.1) is 0 Å². The van der Waals surface area contributed by atoms with E-state index in [-0.39, 0.29) is 72.6 Å². The summed E-state index contributed by atoms with van der Waals surface area (Å²) in [6.45, 7) is 0. The summed E-state index contributed by atoms with van der Waals surface area (Å²) in [6.07, 6.45) is 0.875. The summed E-state index contributed by atoms with van der Waals surface area (Å²) in [4.78, 5) is 15.7. The van der Waals surface area contributed by atoms with E-state index in [2.05, 4.69) is 4.98 Å². The zero-order valence-electron chi connectivity index (χ0n) is 14.9. The molecule has 0 aliphatic carbocycles. The van der Waals surface area contributed by atoms with Gasteiger partial charge in [-0.25, -0.2) is 0 Å². The van der Waals surface area contributed by atoms with Crippen molar-refractivity contribution in [2.24, 2.45) is 0 Å². The monoisotopic (exact) mass is 629 g/mol. The van der Waals surface area contributed by atoms with Crippen molar-refractivity contribution in [3.63, 3.8) is 0 Å². The van der Waals surface area contributed by atoms with Gasteiger partial charge in [-0.2, -0.15) is 0 Å². The lowest BCUT2D eigenvalue weighted by atomic mass is 9.97. The van der Waals surface area contributed by atoms with Crippen LogP contribution in [0.4, 0.5) is 0 Å². The van der Waals surface area contributed by atoms with Crippen molar-refractivity contribution < 1.29 is 9.90 Å². The zero-order valence-corrected chi connectivity index (χ0v) is 22.5. The largest absolute Gasteiger partial charge is 0.481 e. The highest BCUT2D eigenvalue weighted by molar-refractivity contribution is 6.57. The molecule has 0 saturated carbocycles. The van der Waals surface area contributed by atoms with Crippen LogP contribution in [0.1, 0.15) is 5.69 Å². The average Bonchev–Trinajstić information content (AvgIpc) is 2.75. The quantitative estimate of drug-likeness (QED) is 0.230. The third-order valence-corrected chi connectivity index (χ3v) is 8.82. The van der Waals surface area contributed by atoms with Gasteiger partial charge in [-0.05, 0) is 6.07 Å². The molecule has 0 radical (unpaired) electrons. The van der Waals surface area contributed by atoms with Gasteiger partial charge in [0.25, 0.3) is 0 Å². The second-order valence-corrected chi connectivity index (χ2v) is 9.96. The molecule has 32 heavy (non-hydrogen) atoms. The van der Waals surface area contributed by atoms with Crippen molar-refractivity contribution in [1.82, 2.24) is 4.98 Å². The number of halogens is 10. The number of nitrogens with zero attached hydrogens (tertiary/aromatic N) is 1.